The van der Waals surface area contributed by atoms with Crippen LogP contribution in [0.2, 0.25) is 0 Å². The molecule has 1 aliphatic rings. The number of aliphatic hydroxyl groups excluding tert-OH is 1. The summed E-state index contributed by atoms with van der Waals surface area (Å²) < 4.78 is 0. The third-order valence-corrected chi connectivity index (χ3v) is 5.11. The van der Waals surface area contributed by atoms with Crippen molar-refractivity contribution in [2.24, 2.45) is 5.92 Å². The molecular weight excluding hydrogens is 314 g/mol. The third-order valence-electron chi connectivity index (χ3n) is 5.11. The maximum Gasteiger partial charge on any atom is 0.257 e. The molecule has 1 aromatic carbocycles. The Morgan fingerprint density at radius 2 is 2.04 bits per heavy atom. The molecule has 25 heavy (non-hydrogen) atoms. The summed E-state index contributed by atoms with van der Waals surface area (Å²) in [5, 5.41) is 17.5. The smallest absolute Gasteiger partial charge is 0.257 e. The van der Waals surface area contributed by atoms with Crippen LogP contribution in [-0.2, 0) is 12.8 Å². The Balaban J connectivity index is 1.54. The Bertz CT molecular complexity index is 675. The molecule has 1 aromatic heterocycles. The molecule has 1 atom stereocenters. The van der Waals surface area contributed by atoms with Gasteiger partial charge in [0, 0.05) is 18.8 Å². The number of nitrogens with zero attached hydrogens (tertiary/aromatic N) is 2. The van der Waals surface area contributed by atoms with Gasteiger partial charge >= 0.3 is 0 Å². The van der Waals surface area contributed by atoms with Gasteiger partial charge in [0.1, 0.15) is 0 Å². The van der Waals surface area contributed by atoms with Gasteiger partial charge in [-0.2, -0.15) is 5.10 Å². The van der Waals surface area contributed by atoms with Gasteiger partial charge in [0.15, 0.2) is 0 Å². The van der Waals surface area contributed by atoms with E-state index >= 15 is 0 Å². The number of hydrogen-bond donors (Lipinski definition) is 2. The Morgan fingerprint density at radius 1 is 1.32 bits per heavy atom. The van der Waals surface area contributed by atoms with E-state index < -0.39 is 0 Å². The summed E-state index contributed by atoms with van der Waals surface area (Å²) in [7, 11) is 0. The number of hydrogen-bond acceptors (Lipinski definition) is 3. The summed E-state index contributed by atoms with van der Waals surface area (Å²) >= 11 is 0. The number of aliphatic hydroxyl groups is 1. The summed E-state index contributed by atoms with van der Waals surface area (Å²) in [6.45, 7) is 3.49. The van der Waals surface area contributed by atoms with Crippen molar-refractivity contribution < 1.29 is 9.90 Å². The summed E-state index contributed by atoms with van der Waals surface area (Å²) in [5.41, 5.74) is 2.79. The number of rotatable bonds is 6. The van der Waals surface area contributed by atoms with Crippen molar-refractivity contribution in [3.05, 3.63) is 53.3 Å². The fraction of sp³-hybridized carbons (Fsp3) is 0.500. The minimum Gasteiger partial charge on any atom is -0.392 e. The molecule has 2 N–H and O–H groups in total. The number of amides is 1. The van der Waals surface area contributed by atoms with Crippen LogP contribution >= 0.6 is 0 Å². The van der Waals surface area contributed by atoms with Gasteiger partial charge in [-0.25, -0.2) is 0 Å². The summed E-state index contributed by atoms with van der Waals surface area (Å²) in [6, 6.07) is 10.1. The van der Waals surface area contributed by atoms with E-state index in [0.717, 1.165) is 36.9 Å². The first-order valence-corrected chi connectivity index (χ1v) is 9.22. The van der Waals surface area contributed by atoms with E-state index in [0.29, 0.717) is 25.1 Å². The summed E-state index contributed by atoms with van der Waals surface area (Å²) in [5.74, 6) is 0.317. The monoisotopic (exact) mass is 341 g/mol. The maximum absolute atomic E-state index is 12.7. The number of aromatic nitrogens is 2. The lowest BCUT2D eigenvalue weighted by molar-refractivity contribution is 0.0467. The molecule has 0 saturated carbocycles. The molecule has 1 aliphatic heterocycles. The van der Waals surface area contributed by atoms with Crippen molar-refractivity contribution in [3.63, 3.8) is 0 Å². The first-order chi connectivity index (χ1) is 12.2. The van der Waals surface area contributed by atoms with Gasteiger partial charge in [-0.3, -0.25) is 9.89 Å². The molecule has 0 unspecified atom stereocenters. The number of nitrogens with one attached hydrogen (secondary N) is 1. The first-order valence-electron chi connectivity index (χ1n) is 9.22. The van der Waals surface area contributed by atoms with Crippen LogP contribution in [0.4, 0.5) is 0 Å². The van der Waals surface area contributed by atoms with Crippen LogP contribution in [0.5, 0.6) is 0 Å². The first kappa shape index (κ1) is 17.7. The van der Waals surface area contributed by atoms with Gasteiger partial charge in [-0.1, -0.05) is 43.7 Å². The molecule has 5 nitrogen and oxygen atoms in total. The highest BCUT2D eigenvalue weighted by Gasteiger charge is 2.29. The lowest BCUT2D eigenvalue weighted by Crippen LogP contribution is -2.41. The van der Waals surface area contributed by atoms with Crippen LogP contribution in [0.25, 0.3) is 0 Å². The zero-order valence-electron chi connectivity index (χ0n) is 14.8. The number of carbonyl (C=O) groups is 1. The fourth-order valence-electron chi connectivity index (χ4n) is 3.62. The van der Waals surface area contributed by atoms with E-state index in [1.807, 2.05) is 23.1 Å². The number of carbonyl (C=O) groups excluding carboxylic acids is 1. The fourth-order valence-corrected chi connectivity index (χ4v) is 3.62. The maximum atomic E-state index is 12.7. The number of aromatic amines is 1. The van der Waals surface area contributed by atoms with Gasteiger partial charge in [0.05, 0.1) is 17.9 Å². The number of H-pyrrole nitrogens is 1. The highest BCUT2D eigenvalue weighted by Crippen LogP contribution is 2.24. The molecule has 1 fully saturated rings. The van der Waals surface area contributed by atoms with Crippen LogP contribution in [0, 0.1) is 5.92 Å². The van der Waals surface area contributed by atoms with Crippen LogP contribution in [0.3, 0.4) is 0 Å². The second-order valence-corrected chi connectivity index (χ2v) is 6.90. The molecule has 0 bridgehead atoms. The van der Waals surface area contributed by atoms with Crippen molar-refractivity contribution in [3.8, 4) is 0 Å². The van der Waals surface area contributed by atoms with Gasteiger partial charge in [-0.15, -0.1) is 0 Å². The van der Waals surface area contributed by atoms with Crippen LogP contribution in [0.15, 0.2) is 36.5 Å². The second-order valence-electron chi connectivity index (χ2n) is 6.90. The third kappa shape index (κ3) is 4.28. The van der Waals surface area contributed by atoms with Crippen molar-refractivity contribution in [1.82, 2.24) is 15.1 Å². The number of aryl methyl sites for hydroxylation is 1. The average Bonchev–Trinajstić information content (AvgIpc) is 3.11. The molecule has 2 heterocycles. The molecule has 1 saturated heterocycles. The zero-order chi connectivity index (χ0) is 17.6. The Kier molecular flexibility index (Phi) is 5.87. The minimum absolute atomic E-state index is 0.0631. The lowest BCUT2D eigenvalue weighted by Gasteiger charge is -2.34. The average molecular weight is 341 g/mol. The topological polar surface area (TPSA) is 69.2 Å². The van der Waals surface area contributed by atoms with Crippen LogP contribution < -0.4 is 0 Å². The number of piperidine rings is 1. The molecule has 5 heteroatoms. The lowest BCUT2D eigenvalue weighted by atomic mass is 9.87. The van der Waals surface area contributed by atoms with E-state index in [9.17, 15) is 9.90 Å². The normalized spacial score (nSPS) is 16.8. The standard InChI is InChI=1S/C20H27N3O2/c1-2-6-18-17(14-21-22-18)20(25)23-11-9-16(10-12-23)19(24)13-15-7-4-3-5-8-15/h3-5,7-8,14,16,19,24H,2,6,9-13H2,1H3,(H,21,22)/t19-/m0/s1. The predicted octanol–water partition coefficient (Wildman–Crippen LogP) is 2.82. The quantitative estimate of drug-likeness (QED) is 0.849. The highest BCUT2D eigenvalue weighted by molar-refractivity contribution is 5.95. The van der Waals surface area contributed by atoms with Gasteiger partial charge in [0.2, 0.25) is 0 Å². The Morgan fingerprint density at radius 3 is 2.72 bits per heavy atom. The zero-order valence-corrected chi connectivity index (χ0v) is 14.8. The molecule has 0 aliphatic carbocycles. The number of likely N-dealkylation sites (tertiary alicyclic amines) is 1. The van der Waals surface area contributed by atoms with E-state index in [2.05, 4.69) is 29.3 Å². The Hall–Kier alpha value is -2.14. The van der Waals surface area contributed by atoms with E-state index in [-0.39, 0.29) is 17.9 Å². The molecule has 0 radical (unpaired) electrons. The van der Waals surface area contributed by atoms with Gasteiger partial charge < -0.3 is 10.0 Å². The molecule has 1 amide bonds. The SMILES string of the molecule is CCCc1[nH]ncc1C(=O)N1CCC([C@@H](O)Cc2ccccc2)CC1. The van der Waals surface area contributed by atoms with Crippen molar-refractivity contribution in [1.29, 1.82) is 0 Å². The predicted molar refractivity (Wildman–Crippen MR) is 97.4 cm³/mol. The van der Waals surface area contributed by atoms with Crippen molar-refractivity contribution in [2.75, 3.05) is 13.1 Å². The largest absolute Gasteiger partial charge is 0.392 e. The highest BCUT2D eigenvalue weighted by atomic mass is 16.3. The minimum atomic E-state index is -0.343. The van der Waals surface area contributed by atoms with Crippen molar-refractivity contribution in [2.45, 2.75) is 45.1 Å². The molecule has 134 valence electrons. The van der Waals surface area contributed by atoms with E-state index in [1.165, 1.54) is 0 Å². The van der Waals surface area contributed by atoms with Gasteiger partial charge in [-0.05, 0) is 37.2 Å². The van der Waals surface area contributed by atoms with E-state index in [1.54, 1.807) is 6.20 Å². The molecular formula is C20H27N3O2. The second kappa shape index (κ2) is 8.30. The van der Waals surface area contributed by atoms with Gasteiger partial charge in [0.25, 0.3) is 5.91 Å². The van der Waals surface area contributed by atoms with Crippen molar-refractivity contribution >= 4 is 5.91 Å². The van der Waals surface area contributed by atoms with Crippen LogP contribution in [0.1, 0.15) is 47.8 Å². The van der Waals surface area contributed by atoms with E-state index in [4.69, 9.17) is 0 Å². The summed E-state index contributed by atoms with van der Waals surface area (Å²) in [6.07, 6.45) is 5.50. The molecule has 0 spiro atoms. The summed E-state index contributed by atoms with van der Waals surface area (Å²) in [4.78, 5) is 14.6. The molecule has 2 aromatic rings. The number of benzene rings is 1. The molecule has 3 rings (SSSR count). The van der Waals surface area contributed by atoms with Crippen LogP contribution in [-0.4, -0.2) is 45.3 Å². The Labute approximate surface area is 149 Å².